The molecule has 2 aromatic carbocycles. The summed E-state index contributed by atoms with van der Waals surface area (Å²) in [4.78, 5) is 14.8. The zero-order valence-electron chi connectivity index (χ0n) is 18.2. The van der Waals surface area contributed by atoms with Crippen molar-refractivity contribution in [3.63, 3.8) is 0 Å². The van der Waals surface area contributed by atoms with Crippen molar-refractivity contribution >= 4 is 16.8 Å². The van der Waals surface area contributed by atoms with E-state index in [1.165, 1.54) is 22.3 Å². The number of carbonyl (C=O) groups is 1. The number of nitrogens with one attached hydrogen (secondary N) is 1. The van der Waals surface area contributed by atoms with E-state index in [-0.39, 0.29) is 5.91 Å². The predicted molar refractivity (Wildman–Crippen MR) is 128 cm³/mol. The normalized spacial score (nSPS) is 13.0. The average Bonchev–Trinajstić information content (AvgIpc) is 2.98. The van der Waals surface area contributed by atoms with Gasteiger partial charge in [-0.3, -0.25) is 4.79 Å². The third kappa shape index (κ3) is 4.80. The van der Waals surface area contributed by atoms with Gasteiger partial charge in [-0.2, -0.15) is 0 Å². The molecule has 2 heterocycles. The van der Waals surface area contributed by atoms with Gasteiger partial charge >= 0.3 is 0 Å². The Morgan fingerprint density at radius 1 is 0.935 bits per heavy atom. The number of aryl methyl sites for hydroxylation is 1. The van der Waals surface area contributed by atoms with Crippen molar-refractivity contribution in [3.05, 3.63) is 108 Å². The number of fused-ring (bicyclic) bond motifs is 1. The fraction of sp³-hybridized carbons (Fsp3) is 0.222. The van der Waals surface area contributed by atoms with Gasteiger partial charge in [0.1, 0.15) is 0 Å². The third-order valence-corrected chi connectivity index (χ3v) is 5.85. The topological polar surface area (TPSA) is 37.3 Å². The SMILES string of the molecule is Cc1c(C)n(Cc2ccccc2)c2ccc(C(=O)NCCCN3C=CC=CC=C3)cc12. The van der Waals surface area contributed by atoms with Gasteiger partial charge in [-0.05, 0) is 61.7 Å². The van der Waals surface area contributed by atoms with Crippen molar-refractivity contribution in [2.75, 3.05) is 13.1 Å². The fourth-order valence-electron chi connectivity index (χ4n) is 3.97. The average molecular weight is 412 g/mol. The molecule has 1 aromatic heterocycles. The first kappa shape index (κ1) is 20.7. The van der Waals surface area contributed by atoms with Crippen LogP contribution in [0.3, 0.4) is 0 Å². The number of amides is 1. The Morgan fingerprint density at radius 2 is 1.68 bits per heavy atom. The number of allylic oxidation sites excluding steroid dienone is 4. The van der Waals surface area contributed by atoms with E-state index in [4.69, 9.17) is 0 Å². The van der Waals surface area contributed by atoms with Crippen LogP contribution in [0.2, 0.25) is 0 Å². The Morgan fingerprint density at radius 3 is 2.42 bits per heavy atom. The molecule has 0 unspecified atom stereocenters. The Balaban J connectivity index is 1.42. The fourth-order valence-corrected chi connectivity index (χ4v) is 3.97. The molecule has 1 N–H and O–H groups in total. The van der Waals surface area contributed by atoms with Crippen molar-refractivity contribution in [2.24, 2.45) is 0 Å². The summed E-state index contributed by atoms with van der Waals surface area (Å²) < 4.78 is 2.33. The maximum absolute atomic E-state index is 12.7. The van der Waals surface area contributed by atoms with Crippen molar-refractivity contribution < 1.29 is 4.79 Å². The van der Waals surface area contributed by atoms with Crippen molar-refractivity contribution in [2.45, 2.75) is 26.8 Å². The lowest BCUT2D eigenvalue weighted by Gasteiger charge is -2.14. The molecule has 158 valence electrons. The lowest BCUT2D eigenvalue weighted by atomic mass is 10.1. The summed E-state index contributed by atoms with van der Waals surface area (Å²) in [6, 6.07) is 16.5. The lowest BCUT2D eigenvalue weighted by Crippen LogP contribution is -2.26. The predicted octanol–water partition coefficient (Wildman–Crippen LogP) is 5.33. The van der Waals surface area contributed by atoms with E-state index in [2.05, 4.69) is 59.0 Å². The standard InChI is InChI=1S/C27H29N3O/c1-21-22(2)30(20-23-11-6-5-7-12-23)26-14-13-24(19-25(21)26)27(31)28-15-10-18-29-16-8-3-4-9-17-29/h3-9,11-14,16-17,19H,10,15,18,20H2,1-2H3,(H,28,31). The molecule has 0 radical (unpaired) electrons. The zero-order chi connectivity index (χ0) is 21.6. The highest BCUT2D eigenvalue weighted by atomic mass is 16.1. The molecule has 3 aromatic rings. The molecule has 1 amide bonds. The number of benzene rings is 2. The summed E-state index contributed by atoms with van der Waals surface area (Å²) in [6.07, 6.45) is 13.0. The molecule has 4 nitrogen and oxygen atoms in total. The van der Waals surface area contributed by atoms with Crippen molar-refractivity contribution in [3.8, 4) is 0 Å². The summed E-state index contributed by atoms with van der Waals surface area (Å²) in [5.41, 5.74) is 5.63. The van der Waals surface area contributed by atoms with Gasteiger partial charge in [-0.25, -0.2) is 0 Å². The van der Waals surface area contributed by atoms with Crippen LogP contribution in [0, 0.1) is 13.8 Å². The molecule has 0 spiro atoms. The molecule has 31 heavy (non-hydrogen) atoms. The van der Waals surface area contributed by atoms with Crippen LogP contribution >= 0.6 is 0 Å². The molecule has 1 aliphatic heterocycles. The van der Waals surface area contributed by atoms with Gasteiger partial charge in [0, 0.05) is 54.2 Å². The van der Waals surface area contributed by atoms with Gasteiger partial charge < -0.3 is 14.8 Å². The monoisotopic (exact) mass is 411 g/mol. The van der Waals surface area contributed by atoms with E-state index in [9.17, 15) is 4.79 Å². The van der Waals surface area contributed by atoms with E-state index in [0.717, 1.165) is 24.9 Å². The smallest absolute Gasteiger partial charge is 0.251 e. The lowest BCUT2D eigenvalue weighted by molar-refractivity contribution is 0.0953. The summed E-state index contributed by atoms with van der Waals surface area (Å²) in [5, 5.41) is 4.21. The Labute approximate surface area is 184 Å². The molecule has 4 heteroatoms. The number of nitrogens with zero attached hydrogens (tertiary/aromatic N) is 2. The van der Waals surface area contributed by atoms with Crippen molar-refractivity contribution in [1.29, 1.82) is 0 Å². The summed E-state index contributed by atoms with van der Waals surface area (Å²) in [7, 11) is 0. The Hall–Kier alpha value is -3.53. The quantitative estimate of drug-likeness (QED) is 0.534. The second kappa shape index (κ2) is 9.52. The van der Waals surface area contributed by atoms with Crippen LogP contribution in [0.25, 0.3) is 10.9 Å². The van der Waals surface area contributed by atoms with Gasteiger partial charge in [0.25, 0.3) is 5.91 Å². The van der Waals surface area contributed by atoms with Gasteiger partial charge in [-0.15, -0.1) is 0 Å². The van der Waals surface area contributed by atoms with E-state index < -0.39 is 0 Å². The number of hydrogen-bond acceptors (Lipinski definition) is 2. The molecule has 0 aliphatic carbocycles. The van der Waals surface area contributed by atoms with Gasteiger partial charge in [0.05, 0.1) is 0 Å². The van der Waals surface area contributed by atoms with Crippen LogP contribution < -0.4 is 5.32 Å². The molecule has 1 aliphatic rings. The molecule has 0 saturated heterocycles. The molecule has 4 rings (SSSR count). The Kier molecular flexibility index (Phi) is 6.37. The summed E-state index contributed by atoms with van der Waals surface area (Å²) in [6.45, 7) is 6.64. The van der Waals surface area contributed by atoms with E-state index in [1.807, 2.05) is 54.9 Å². The second-order valence-electron chi connectivity index (χ2n) is 7.93. The van der Waals surface area contributed by atoms with Crippen LogP contribution in [0.5, 0.6) is 0 Å². The highest BCUT2D eigenvalue weighted by molar-refractivity contribution is 5.99. The van der Waals surface area contributed by atoms with E-state index in [1.54, 1.807) is 0 Å². The summed E-state index contributed by atoms with van der Waals surface area (Å²) in [5.74, 6) is -0.0154. The van der Waals surface area contributed by atoms with E-state index in [0.29, 0.717) is 12.1 Å². The first-order valence-corrected chi connectivity index (χ1v) is 10.8. The minimum absolute atomic E-state index is 0.0154. The maximum Gasteiger partial charge on any atom is 0.251 e. The molecule has 0 fully saturated rings. The van der Waals surface area contributed by atoms with Gasteiger partial charge in [-0.1, -0.05) is 42.5 Å². The molecular formula is C27H29N3O. The van der Waals surface area contributed by atoms with Crippen molar-refractivity contribution in [1.82, 2.24) is 14.8 Å². The van der Waals surface area contributed by atoms with Crippen LogP contribution in [0.1, 0.15) is 33.6 Å². The number of hydrogen-bond donors (Lipinski definition) is 1. The molecule has 0 bridgehead atoms. The number of carbonyl (C=O) groups excluding carboxylic acids is 1. The third-order valence-electron chi connectivity index (χ3n) is 5.85. The first-order chi connectivity index (χ1) is 15.1. The minimum atomic E-state index is -0.0154. The second-order valence-corrected chi connectivity index (χ2v) is 7.93. The molecule has 0 atom stereocenters. The van der Waals surface area contributed by atoms with Crippen LogP contribution in [0.4, 0.5) is 0 Å². The highest BCUT2D eigenvalue weighted by Gasteiger charge is 2.14. The van der Waals surface area contributed by atoms with Crippen LogP contribution in [-0.2, 0) is 6.54 Å². The highest BCUT2D eigenvalue weighted by Crippen LogP contribution is 2.27. The van der Waals surface area contributed by atoms with Gasteiger partial charge in [0.15, 0.2) is 0 Å². The maximum atomic E-state index is 12.7. The van der Waals surface area contributed by atoms with Gasteiger partial charge in [0.2, 0.25) is 0 Å². The zero-order valence-corrected chi connectivity index (χ0v) is 18.2. The van der Waals surface area contributed by atoms with Crippen LogP contribution in [0.15, 0.2) is 85.2 Å². The number of rotatable bonds is 7. The van der Waals surface area contributed by atoms with E-state index >= 15 is 0 Å². The summed E-state index contributed by atoms with van der Waals surface area (Å²) >= 11 is 0. The first-order valence-electron chi connectivity index (χ1n) is 10.8. The number of aromatic nitrogens is 1. The minimum Gasteiger partial charge on any atom is -0.354 e. The molecule has 0 saturated carbocycles. The Bertz CT molecular complexity index is 1140. The molecular weight excluding hydrogens is 382 g/mol. The van der Waals surface area contributed by atoms with Crippen LogP contribution in [-0.4, -0.2) is 28.5 Å². The largest absolute Gasteiger partial charge is 0.354 e.